The second kappa shape index (κ2) is 6.29. The monoisotopic (exact) mass is 292 g/mol. The number of rotatable bonds is 6. The highest BCUT2D eigenvalue weighted by molar-refractivity contribution is 7.10. The molecule has 0 radical (unpaired) electrons. The summed E-state index contributed by atoms with van der Waals surface area (Å²) in [7, 11) is 3.22. The smallest absolute Gasteiger partial charge is 0.249 e. The van der Waals surface area contributed by atoms with E-state index in [1.807, 2.05) is 18.2 Å². The molecule has 0 saturated carbocycles. The van der Waals surface area contributed by atoms with E-state index in [9.17, 15) is 4.79 Å². The highest BCUT2D eigenvalue weighted by Crippen LogP contribution is 2.26. The number of thiophene rings is 1. The third-order valence-corrected chi connectivity index (χ3v) is 3.69. The van der Waals surface area contributed by atoms with Crippen molar-refractivity contribution in [2.75, 3.05) is 19.5 Å². The second-order valence-electron chi connectivity index (χ2n) is 4.12. The largest absolute Gasteiger partial charge is 0.497 e. The SMILES string of the molecule is COc1cc(NCc2cc(C(N)=O)cs2)cc(OC)c1. The van der Waals surface area contributed by atoms with Gasteiger partial charge in [0.1, 0.15) is 11.5 Å². The molecule has 106 valence electrons. The van der Waals surface area contributed by atoms with Crippen LogP contribution in [0.4, 0.5) is 5.69 Å². The predicted octanol–water partition coefficient (Wildman–Crippen LogP) is 2.48. The maximum absolute atomic E-state index is 11.0. The first-order chi connectivity index (χ1) is 9.62. The molecule has 0 saturated heterocycles. The van der Waals surface area contributed by atoms with Gasteiger partial charge in [-0.25, -0.2) is 0 Å². The van der Waals surface area contributed by atoms with E-state index in [1.54, 1.807) is 25.7 Å². The van der Waals surface area contributed by atoms with E-state index in [1.165, 1.54) is 11.3 Å². The van der Waals surface area contributed by atoms with Crippen molar-refractivity contribution in [3.05, 3.63) is 40.1 Å². The maximum Gasteiger partial charge on any atom is 0.249 e. The van der Waals surface area contributed by atoms with Gasteiger partial charge in [-0.2, -0.15) is 0 Å². The van der Waals surface area contributed by atoms with Crippen LogP contribution in [-0.4, -0.2) is 20.1 Å². The van der Waals surface area contributed by atoms with E-state index in [2.05, 4.69) is 5.32 Å². The zero-order valence-electron chi connectivity index (χ0n) is 11.3. The molecule has 5 nitrogen and oxygen atoms in total. The molecule has 0 bridgehead atoms. The lowest BCUT2D eigenvalue weighted by atomic mass is 10.2. The van der Waals surface area contributed by atoms with Crippen LogP contribution < -0.4 is 20.5 Å². The van der Waals surface area contributed by atoms with Crippen molar-refractivity contribution in [1.82, 2.24) is 0 Å². The van der Waals surface area contributed by atoms with Crippen LogP contribution >= 0.6 is 11.3 Å². The topological polar surface area (TPSA) is 73.6 Å². The summed E-state index contributed by atoms with van der Waals surface area (Å²) >= 11 is 1.49. The Kier molecular flexibility index (Phi) is 4.47. The van der Waals surface area contributed by atoms with E-state index in [-0.39, 0.29) is 0 Å². The molecule has 6 heteroatoms. The van der Waals surface area contributed by atoms with Crippen molar-refractivity contribution in [2.45, 2.75) is 6.54 Å². The number of hydrogen-bond donors (Lipinski definition) is 2. The fraction of sp³-hybridized carbons (Fsp3) is 0.214. The summed E-state index contributed by atoms with van der Waals surface area (Å²) in [5, 5.41) is 5.02. The Morgan fingerprint density at radius 1 is 1.20 bits per heavy atom. The Hall–Kier alpha value is -2.21. The zero-order chi connectivity index (χ0) is 14.5. The third kappa shape index (κ3) is 3.42. The minimum atomic E-state index is -0.407. The molecule has 20 heavy (non-hydrogen) atoms. The number of benzene rings is 1. The quantitative estimate of drug-likeness (QED) is 0.858. The summed E-state index contributed by atoms with van der Waals surface area (Å²) in [4.78, 5) is 12.1. The first-order valence-electron chi connectivity index (χ1n) is 5.96. The molecule has 0 unspecified atom stereocenters. The van der Waals surface area contributed by atoms with Crippen molar-refractivity contribution in [1.29, 1.82) is 0 Å². The van der Waals surface area contributed by atoms with Gasteiger partial charge in [-0.3, -0.25) is 4.79 Å². The number of nitrogens with one attached hydrogen (secondary N) is 1. The predicted molar refractivity (Wildman–Crippen MR) is 79.7 cm³/mol. The number of amides is 1. The normalized spacial score (nSPS) is 10.1. The third-order valence-electron chi connectivity index (χ3n) is 2.76. The van der Waals surface area contributed by atoms with Crippen molar-refractivity contribution in [2.24, 2.45) is 5.73 Å². The fourth-order valence-electron chi connectivity index (χ4n) is 1.70. The number of carbonyl (C=O) groups excluding carboxylic acids is 1. The number of nitrogens with two attached hydrogens (primary N) is 1. The van der Waals surface area contributed by atoms with Gasteiger partial charge in [0.05, 0.1) is 19.8 Å². The summed E-state index contributed by atoms with van der Waals surface area (Å²) in [5.41, 5.74) is 6.65. The molecule has 1 aromatic carbocycles. The molecule has 0 aliphatic carbocycles. The van der Waals surface area contributed by atoms with Gasteiger partial charge < -0.3 is 20.5 Å². The van der Waals surface area contributed by atoms with Gasteiger partial charge in [0.15, 0.2) is 0 Å². The summed E-state index contributed by atoms with van der Waals surface area (Å²) in [5.74, 6) is 1.03. The second-order valence-corrected chi connectivity index (χ2v) is 5.12. The molecule has 2 aromatic rings. The number of carbonyl (C=O) groups is 1. The van der Waals surface area contributed by atoms with Gasteiger partial charge in [0, 0.05) is 40.7 Å². The molecule has 1 aromatic heterocycles. The molecule has 0 aliphatic rings. The van der Waals surface area contributed by atoms with E-state index >= 15 is 0 Å². The molecule has 0 aliphatic heterocycles. The molecule has 0 spiro atoms. The average molecular weight is 292 g/mol. The van der Waals surface area contributed by atoms with Crippen LogP contribution in [0.2, 0.25) is 0 Å². The van der Waals surface area contributed by atoms with E-state index in [0.29, 0.717) is 12.1 Å². The zero-order valence-corrected chi connectivity index (χ0v) is 12.1. The van der Waals surface area contributed by atoms with Crippen LogP contribution in [0.25, 0.3) is 0 Å². The Bertz CT molecular complexity index is 588. The Morgan fingerprint density at radius 3 is 2.35 bits per heavy atom. The van der Waals surface area contributed by atoms with Crippen LogP contribution in [-0.2, 0) is 6.54 Å². The molecule has 0 fully saturated rings. The lowest BCUT2D eigenvalue weighted by Gasteiger charge is -2.10. The number of primary amides is 1. The van der Waals surface area contributed by atoms with E-state index in [0.717, 1.165) is 22.1 Å². The number of hydrogen-bond acceptors (Lipinski definition) is 5. The summed E-state index contributed by atoms with van der Waals surface area (Å²) in [6.07, 6.45) is 0. The highest BCUT2D eigenvalue weighted by atomic mass is 32.1. The van der Waals surface area contributed by atoms with Gasteiger partial charge in [-0.1, -0.05) is 0 Å². The van der Waals surface area contributed by atoms with Crippen molar-refractivity contribution in [3.63, 3.8) is 0 Å². The van der Waals surface area contributed by atoms with Crippen LogP contribution in [0.15, 0.2) is 29.6 Å². The van der Waals surface area contributed by atoms with Crippen LogP contribution in [0.5, 0.6) is 11.5 Å². The summed E-state index contributed by atoms with van der Waals surface area (Å²) in [6.45, 7) is 0.605. The standard InChI is InChI=1S/C14H16N2O3S/c1-18-11-4-10(5-12(6-11)19-2)16-7-13-3-9(8-20-13)14(15)17/h3-6,8,16H,7H2,1-2H3,(H2,15,17). The minimum Gasteiger partial charge on any atom is -0.497 e. The lowest BCUT2D eigenvalue weighted by Crippen LogP contribution is -2.09. The van der Waals surface area contributed by atoms with Gasteiger partial charge >= 0.3 is 0 Å². The van der Waals surface area contributed by atoms with Crippen molar-refractivity contribution in [3.8, 4) is 11.5 Å². The number of ether oxygens (including phenoxy) is 2. The Balaban J connectivity index is 2.07. The Labute approximate surface area is 121 Å². The summed E-state index contributed by atoms with van der Waals surface area (Å²) in [6, 6.07) is 7.36. The first-order valence-corrected chi connectivity index (χ1v) is 6.84. The molecular formula is C14H16N2O3S. The summed E-state index contributed by atoms with van der Waals surface area (Å²) < 4.78 is 10.4. The molecule has 1 amide bonds. The van der Waals surface area contributed by atoms with Gasteiger partial charge in [-0.05, 0) is 6.07 Å². The van der Waals surface area contributed by atoms with Crippen molar-refractivity contribution >= 4 is 22.9 Å². The molecule has 1 heterocycles. The number of methoxy groups -OCH3 is 2. The first kappa shape index (κ1) is 14.2. The van der Waals surface area contributed by atoms with Gasteiger partial charge in [0.25, 0.3) is 0 Å². The Morgan fingerprint density at radius 2 is 1.85 bits per heavy atom. The van der Waals surface area contributed by atoms with Crippen molar-refractivity contribution < 1.29 is 14.3 Å². The minimum absolute atomic E-state index is 0.407. The molecule has 0 atom stereocenters. The van der Waals surface area contributed by atoms with Crippen LogP contribution in [0, 0.1) is 0 Å². The highest BCUT2D eigenvalue weighted by Gasteiger charge is 2.06. The molecule has 2 rings (SSSR count). The van der Waals surface area contributed by atoms with Gasteiger partial charge in [0.2, 0.25) is 5.91 Å². The van der Waals surface area contributed by atoms with E-state index in [4.69, 9.17) is 15.2 Å². The van der Waals surface area contributed by atoms with Crippen LogP contribution in [0.1, 0.15) is 15.2 Å². The number of anilines is 1. The molecule has 3 N–H and O–H groups in total. The fourth-order valence-corrected chi connectivity index (χ4v) is 2.51. The van der Waals surface area contributed by atoms with Gasteiger partial charge in [-0.15, -0.1) is 11.3 Å². The average Bonchev–Trinajstić information content (AvgIpc) is 2.93. The maximum atomic E-state index is 11.0. The molecular weight excluding hydrogens is 276 g/mol. The van der Waals surface area contributed by atoms with E-state index < -0.39 is 5.91 Å². The van der Waals surface area contributed by atoms with Crippen LogP contribution in [0.3, 0.4) is 0 Å². The lowest BCUT2D eigenvalue weighted by molar-refractivity contribution is 0.100.